The van der Waals surface area contributed by atoms with E-state index >= 15 is 0 Å². The molecule has 0 fully saturated rings. The van der Waals surface area contributed by atoms with Crippen LogP contribution in [-0.2, 0) is 37.5 Å². The fraction of sp³-hybridized carbons (Fsp3) is 0.562. The quantitative estimate of drug-likeness (QED) is 0.337. The monoisotopic (exact) mass is 364 g/mol. The summed E-state index contributed by atoms with van der Waals surface area (Å²) >= 11 is -1.87. The van der Waals surface area contributed by atoms with Crippen LogP contribution in [-0.4, -0.2) is 14.5 Å². The zero-order valence-corrected chi connectivity index (χ0v) is 14.9. The molecular formula is C16H20FeO4S. The second-order valence-electron chi connectivity index (χ2n) is 4.00. The molecule has 22 heavy (non-hydrogen) atoms. The molecule has 0 aliphatic heterocycles. The van der Waals surface area contributed by atoms with Gasteiger partial charge in [-0.15, -0.1) is 0 Å². The van der Waals surface area contributed by atoms with Crippen LogP contribution in [0.15, 0.2) is 6.07 Å². The summed E-state index contributed by atoms with van der Waals surface area (Å²) in [6, 6.07) is 12.0. The van der Waals surface area contributed by atoms with E-state index in [9.17, 15) is 8.76 Å². The molecule has 0 bridgehead atoms. The number of hydrogen-bond acceptors (Lipinski definition) is 2. The molecule has 1 aromatic carbocycles. The van der Waals surface area contributed by atoms with E-state index in [1.165, 1.54) is 0 Å². The van der Waals surface area contributed by atoms with Crippen molar-refractivity contribution >= 4 is 11.1 Å². The van der Waals surface area contributed by atoms with E-state index in [4.69, 9.17) is 9.30 Å². The van der Waals surface area contributed by atoms with Crippen molar-refractivity contribution in [3.63, 3.8) is 0 Å². The molecule has 6 heteroatoms. The van der Waals surface area contributed by atoms with Crippen LogP contribution in [0.3, 0.4) is 0 Å². The Morgan fingerprint density at radius 1 is 1.05 bits per heavy atom. The minimum absolute atomic E-state index is 0. The summed E-state index contributed by atoms with van der Waals surface area (Å²) in [5.74, 6) is 0.315. The molecule has 0 heterocycles. The van der Waals surface area contributed by atoms with Crippen LogP contribution >= 0.6 is 0 Å². The summed E-state index contributed by atoms with van der Waals surface area (Å²) in [6.07, 6.45) is 4.05. The Kier molecular flexibility index (Phi) is 30.5. The van der Waals surface area contributed by atoms with Crippen molar-refractivity contribution in [2.45, 2.75) is 46.5 Å². The van der Waals surface area contributed by atoms with Gasteiger partial charge in [0.2, 0.25) is 0 Å². The molecule has 1 aromatic rings. The van der Waals surface area contributed by atoms with E-state index in [1.54, 1.807) is 6.07 Å². The van der Waals surface area contributed by atoms with Gasteiger partial charge in [-0.05, 0) is 11.8 Å². The smallest absolute Gasteiger partial charge is 0.999 e. The summed E-state index contributed by atoms with van der Waals surface area (Å²) in [5.41, 5.74) is 0.264. The van der Waals surface area contributed by atoms with Gasteiger partial charge in [-0.1, -0.05) is 51.1 Å². The molecule has 1 unspecified atom stereocenters. The zero-order valence-electron chi connectivity index (χ0n) is 13.0. The second kappa shape index (κ2) is 22.7. The number of hydrogen-bond donors (Lipinski definition) is 0. The van der Waals surface area contributed by atoms with Gasteiger partial charge in [0.05, 0.1) is 0 Å². The van der Waals surface area contributed by atoms with Crippen molar-refractivity contribution in [3.8, 4) is 0 Å². The van der Waals surface area contributed by atoms with Crippen LogP contribution < -0.4 is 0 Å². The first-order chi connectivity index (χ1) is 10.1. The van der Waals surface area contributed by atoms with Crippen LogP contribution in [0.2, 0.25) is 0 Å². The fourth-order valence-electron chi connectivity index (χ4n) is 1.76. The van der Waals surface area contributed by atoms with Crippen molar-refractivity contribution in [3.05, 3.63) is 43.6 Å². The fourth-order valence-corrected chi connectivity index (χ4v) is 2.36. The van der Waals surface area contributed by atoms with Gasteiger partial charge in [0.25, 0.3) is 0 Å². The summed E-state index contributed by atoms with van der Waals surface area (Å²) < 4.78 is 35.8. The maximum atomic E-state index is 10.4. The second-order valence-corrected chi connectivity index (χ2v) is 5.02. The Morgan fingerprint density at radius 2 is 1.41 bits per heavy atom. The average molecular weight is 364 g/mol. The predicted octanol–water partition coefficient (Wildman–Crippen LogP) is 3.00. The Labute approximate surface area is 147 Å². The van der Waals surface area contributed by atoms with Crippen LogP contribution in [0.4, 0.5) is 0 Å². The van der Waals surface area contributed by atoms with Gasteiger partial charge in [-0.2, -0.15) is 0 Å². The van der Waals surface area contributed by atoms with Crippen molar-refractivity contribution in [2.75, 3.05) is 5.75 Å². The van der Waals surface area contributed by atoms with E-state index in [0.29, 0.717) is 5.75 Å². The average Bonchev–Trinajstić information content (AvgIpc) is 3.13. The van der Waals surface area contributed by atoms with Crippen LogP contribution in [0, 0.1) is 43.0 Å². The van der Waals surface area contributed by atoms with Gasteiger partial charge in [-0.3, -0.25) is 4.21 Å². The van der Waals surface area contributed by atoms with E-state index in [2.05, 4.69) is 58.3 Å². The summed E-state index contributed by atoms with van der Waals surface area (Å²) in [4.78, 5) is 0. The van der Waals surface area contributed by atoms with Crippen LogP contribution in [0.5, 0.6) is 0 Å². The maximum absolute atomic E-state index is 10.4. The maximum Gasteiger partial charge on any atom is 6.00 e. The molecule has 1 atom stereocenters. The van der Waals surface area contributed by atoms with Crippen molar-refractivity contribution in [1.82, 2.24) is 0 Å². The zero-order chi connectivity index (χ0) is 17.1. The van der Waals surface area contributed by atoms with E-state index in [0.717, 1.165) is 25.7 Å². The topological polar surface area (TPSA) is 79.9 Å². The Morgan fingerprint density at radius 3 is 1.59 bits per heavy atom. The van der Waals surface area contributed by atoms with Crippen molar-refractivity contribution < 1.29 is 35.1 Å². The summed E-state index contributed by atoms with van der Waals surface area (Å²) in [7, 11) is 0. The van der Waals surface area contributed by atoms with Crippen molar-refractivity contribution in [2.24, 2.45) is 5.41 Å². The molecule has 122 valence electrons. The minimum Gasteiger partial charge on any atom is -0.999 e. The molecule has 0 spiro atoms. The Bertz CT molecular complexity index is 325. The Hall–Kier alpha value is -0.541. The van der Waals surface area contributed by atoms with Gasteiger partial charge in [-0.25, -0.2) is 0 Å². The van der Waals surface area contributed by atoms with Gasteiger partial charge < -0.3 is 34.9 Å². The third-order valence-corrected chi connectivity index (χ3v) is 3.94. The third kappa shape index (κ3) is 17.5. The molecule has 0 aliphatic carbocycles. The molecule has 0 amide bonds. The summed E-state index contributed by atoms with van der Waals surface area (Å²) in [6.45, 7) is 15.4. The standard InChI is InChI=1S/C9H20O2S.C5H.2CO.Fe/c1-4-9(5-2,6-3)7-8-12(10)11;1-2-4-5-3-1;2*1-2;/h4-8H2,1-3H3,(H,10,11);1H;;;/q;-5;;;+6/p-1. The third-order valence-electron chi connectivity index (χ3n) is 3.40. The van der Waals surface area contributed by atoms with Gasteiger partial charge in [0.15, 0.2) is 0 Å². The van der Waals surface area contributed by atoms with E-state index in [1.807, 2.05) is 0 Å². The molecule has 0 radical (unpaired) electrons. The molecule has 0 aliphatic rings. The van der Waals surface area contributed by atoms with E-state index in [-0.39, 0.29) is 22.5 Å². The molecular weight excluding hydrogens is 344 g/mol. The minimum atomic E-state index is -1.87. The molecule has 0 saturated heterocycles. The largest absolute Gasteiger partial charge is 6.00 e. The van der Waals surface area contributed by atoms with Gasteiger partial charge in [0.1, 0.15) is 0 Å². The molecule has 1 rings (SSSR count). The first kappa shape index (κ1) is 29.5. The summed E-state index contributed by atoms with van der Waals surface area (Å²) in [5, 5.41) is 0. The van der Waals surface area contributed by atoms with Crippen LogP contribution in [0.1, 0.15) is 46.5 Å². The van der Waals surface area contributed by atoms with Gasteiger partial charge >= 0.3 is 39.7 Å². The van der Waals surface area contributed by atoms with E-state index < -0.39 is 11.1 Å². The van der Waals surface area contributed by atoms with Gasteiger partial charge in [0, 0.05) is 5.75 Å². The SMILES string of the molecule is CCC(CC)(CC)CCS(=O)[O-].[C-]#[O+].[C-]#[O+].[Fe+6].[c-]1[c-][c-][cH-][c-]1. The Balaban J connectivity index is -0.000000134. The first-order valence-corrected chi connectivity index (χ1v) is 7.64. The normalized spacial score (nSPS) is 10.0. The predicted molar refractivity (Wildman–Crippen MR) is 76.9 cm³/mol. The molecule has 0 saturated carbocycles. The molecule has 0 N–H and O–H groups in total. The van der Waals surface area contributed by atoms with Crippen molar-refractivity contribution in [1.29, 1.82) is 0 Å². The molecule has 4 nitrogen and oxygen atoms in total. The van der Waals surface area contributed by atoms with Crippen LogP contribution in [0.25, 0.3) is 0 Å². The molecule has 0 aromatic heterocycles. The first-order valence-electron chi connectivity index (χ1n) is 6.39. The number of rotatable bonds is 6.